The molecular weight excluding hydrogens is 264 g/mol. The predicted molar refractivity (Wildman–Crippen MR) is 75.8 cm³/mol. The molecule has 2 aliphatic rings. The number of carbonyl (C=O) groups excluding carboxylic acids is 1. The summed E-state index contributed by atoms with van der Waals surface area (Å²) in [5.41, 5.74) is 1.30. The van der Waals surface area contributed by atoms with Crippen molar-refractivity contribution in [1.29, 1.82) is 0 Å². The van der Waals surface area contributed by atoms with Crippen molar-refractivity contribution in [3.8, 4) is 0 Å². The molecule has 19 heavy (non-hydrogen) atoms. The van der Waals surface area contributed by atoms with Gasteiger partial charge in [-0.05, 0) is 50.8 Å². The van der Waals surface area contributed by atoms with Crippen LogP contribution in [0.1, 0.15) is 35.4 Å². The van der Waals surface area contributed by atoms with E-state index in [0.29, 0.717) is 11.2 Å². The number of aryl methyl sites for hydroxylation is 1. The van der Waals surface area contributed by atoms with E-state index in [4.69, 9.17) is 4.42 Å². The van der Waals surface area contributed by atoms with E-state index in [-0.39, 0.29) is 18.3 Å². The number of likely N-dealkylation sites (tertiary alicyclic amines) is 1. The highest BCUT2D eigenvalue weighted by molar-refractivity contribution is 5.93. The molecule has 1 aromatic rings. The number of hydrogen-bond acceptors (Lipinski definition) is 3. The fourth-order valence-corrected chi connectivity index (χ4v) is 3.21. The van der Waals surface area contributed by atoms with Crippen molar-refractivity contribution in [3.05, 3.63) is 23.7 Å². The van der Waals surface area contributed by atoms with Gasteiger partial charge in [-0.15, -0.1) is 12.4 Å². The molecule has 2 saturated heterocycles. The molecule has 1 aromatic heterocycles. The molecular formula is C14H21ClN2O2. The van der Waals surface area contributed by atoms with E-state index in [9.17, 15) is 4.79 Å². The largest absolute Gasteiger partial charge is 0.459 e. The van der Waals surface area contributed by atoms with Gasteiger partial charge < -0.3 is 14.6 Å². The Kier molecular flexibility index (Phi) is 4.21. The summed E-state index contributed by atoms with van der Waals surface area (Å²) in [6, 6.07) is 1.85. The van der Waals surface area contributed by atoms with Gasteiger partial charge in [0.05, 0.1) is 6.26 Å². The minimum absolute atomic E-state index is 0. The lowest BCUT2D eigenvalue weighted by Crippen LogP contribution is -2.39. The quantitative estimate of drug-likeness (QED) is 0.860. The highest BCUT2D eigenvalue weighted by Gasteiger charge is 2.41. The second kappa shape index (κ2) is 5.55. The molecule has 0 atom stereocenters. The third-order valence-electron chi connectivity index (χ3n) is 4.45. The van der Waals surface area contributed by atoms with Crippen LogP contribution in [0.15, 0.2) is 16.7 Å². The first-order chi connectivity index (χ1) is 8.70. The average molecular weight is 285 g/mol. The van der Waals surface area contributed by atoms with Crippen LogP contribution in [-0.4, -0.2) is 37.0 Å². The number of nitrogens with one attached hydrogen (secondary N) is 1. The standard InChI is InChI=1S/C14H20N2O2.ClH/c1-11-2-9-18-12(11)13(17)16-8-5-14(10-16)3-6-15-7-4-14;/h2,9,15H,3-8,10H2,1H3;1H. The van der Waals surface area contributed by atoms with Crippen LogP contribution >= 0.6 is 12.4 Å². The number of amides is 1. The summed E-state index contributed by atoms with van der Waals surface area (Å²) < 4.78 is 5.31. The fourth-order valence-electron chi connectivity index (χ4n) is 3.21. The summed E-state index contributed by atoms with van der Waals surface area (Å²) >= 11 is 0. The van der Waals surface area contributed by atoms with Crippen LogP contribution in [-0.2, 0) is 0 Å². The van der Waals surface area contributed by atoms with Crippen LogP contribution in [0.2, 0.25) is 0 Å². The maximum absolute atomic E-state index is 12.4. The van der Waals surface area contributed by atoms with Crippen molar-refractivity contribution < 1.29 is 9.21 Å². The topological polar surface area (TPSA) is 45.5 Å². The van der Waals surface area contributed by atoms with Crippen LogP contribution < -0.4 is 5.32 Å². The maximum atomic E-state index is 12.4. The van der Waals surface area contributed by atoms with Gasteiger partial charge in [0.2, 0.25) is 0 Å². The van der Waals surface area contributed by atoms with Crippen molar-refractivity contribution in [2.45, 2.75) is 26.2 Å². The minimum Gasteiger partial charge on any atom is -0.459 e. The van der Waals surface area contributed by atoms with Crippen LogP contribution in [0.25, 0.3) is 0 Å². The number of piperidine rings is 1. The zero-order valence-electron chi connectivity index (χ0n) is 11.3. The molecule has 0 radical (unpaired) electrons. The average Bonchev–Trinajstić information content (AvgIpc) is 2.97. The van der Waals surface area contributed by atoms with E-state index in [1.54, 1.807) is 6.26 Å². The smallest absolute Gasteiger partial charge is 0.289 e. The van der Waals surface area contributed by atoms with Crippen molar-refractivity contribution in [2.75, 3.05) is 26.2 Å². The van der Waals surface area contributed by atoms with Gasteiger partial charge >= 0.3 is 0 Å². The van der Waals surface area contributed by atoms with E-state index in [1.165, 1.54) is 12.8 Å². The minimum atomic E-state index is 0. The Morgan fingerprint density at radius 2 is 2.11 bits per heavy atom. The highest BCUT2D eigenvalue weighted by atomic mass is 35.5. The van der Waals surface area contributed by atoms with Gasteiger partial charge in [-0.1, -0.05) is 0 Å². The van der Waals surface area contributed by atoms with Crippen LogP contribution in [0, 0.1) is 12.3 Å². The van der Waals surface area contributed by atoms with Crippen LogP contribution in [0.4, 0.5) is 0 Å². The summed E-state index contributed by atoms with van der Waals surface area (Å²) in [6.07, 6.45) is 5.11. The van der Waals surface area contributed by atoms with Gasteiger partial charge in [0.1, 0.15) is 0 Å². The lowest BCUT2D eigenvalue weighted by Gasteiger charge is -2.33. The number of halogens is 1. The molecule has 1 N–H and O–H groups in total. The van der Waals surface area contributed by atoms with Gasteiger partial charge in [-0.2, -0.15) is 0 Å². The third kappa shape index (κ3) is 2.65. The van der Waals surface area contributed by atoms with E-state index < -0.39 is 0 Å². The van der Waals surface area contributed by atoms with Crippen LogP contribution in [0.5, 0.6) is 0 Å². The third-order valence-corrected chi connectivity index (χ3v) is 4.45. The molecule has 3 heterocycles. The number of furan rings is 1. The van der Waals surface area contributed by atoms with Crippen molar-refractivity contribution in [2.24, 2.45) is 5.41 Å². The first-order valence-corrected chi connectivity index (χ1v) is 6.74. The number of carbonyl (C=O) groups is 1. The predicted octanol–water partition coefficient (Wildman–Crippen LogP) is 2.23. The molecule has 3 rings (SSSR count). The lowest BCUT2D eigenvalue weighted by molar-refractivity contribution is 0.0729. The molecule has 0 bridgehead atoms. The molecule has 1 amide bonds. The Morgan fingerprint density at radius 1 is 1.37 bits per heavy atom. The lowest BCUT2D eigenvalue weighted by atomic mass is 9.78. The van der Waals surface area contributed by atoms with Gasteiger partial charge in [-0.25, -0.2) is 0 Å². The van der Waals surface area contributed by atoms with Crippen molar-refractivity contribution in [3.63, 3.8) is 0 Å². The second-order valence-corrected chi connectivity index (χ2v) is 5.66. The zero-order chi connectivity index (χ0) is 12.6. The first kappa shape index (κ1) is 14.4. The first-order valence-electron chi connectivity index (χ1n) is 6.74. The molecule has 0 saturated carbocycles. The molecule has 2 aliphatic heterocycles. The Morgan fingerprint density at radius 3 is 2.74 bits per heavy atom. The van der Waals surface area contributed by atoms with Crippen LogP contribution in [0.3, 0.4) is 0 Å². The van der Waals surface area contributed by atoms with Crippen molar-refractivity contribution >= 4 is 18.3 Å². The molecule has 1 spiro atoms. The number of hydrogen-bond donors (Lipinski definition) is 1. The van der Waals surface area contributed by atoms with E-state index in [0.717, 1.165) is 38.2 Å². The van der Waals surface area contributed by atoms with Gasteiger partial charge in [0.25, 0.3) is 5.91 Å². The molecule has 4 nitrogen and oxygen atoms in total. The summed E-state index contributed by atoms with van der Waals surface area (Å²) in [5.74, 6) is 0.578. The summed E-state index contributed by atoms with van der Waals surface area (Å²) in [6.45, 7) is 5.86. The SMILES string of the molecule is Cc1ccoc1C(=O)N1CCC2(CCNCC2)C1.Cl. The molecule has 0 unspecified atom stereocenters. The Hall–Kier alpha value is -1.00. The van der Waals surface area contributed by atoms with E-state index in [1.807, 2.05) is 17.9 Å². The normalized spacial score (nSPS) is 21.4. The van der Waals surface area contributed by atoms with E-state index in [2.05, 4.69) is 5.32 Å². The number of nitrogens with zero attached hydrogens (tertiary/aromatic N) is 1. The van der Waals surface area contributed by atoms with Crippen molar-refractivity contribution in [1.82, 2.24) is 10.2 Å². The monoisotopic (exact) mass is 284 g/mol. The Bertz CT molecular complexity index is 452. The molecule has 0 aromatic carbocycles. The van der Waals surface area contributed by atoms with E-state index >= 15 is 0 Å². The summed E-state index contributed by atoms with van der Waals surface area (Å²) in [7, 11) is 0. The Balaban J connectivity index is 0.00000133. The fraction of sp³-hybridized carbons (Fsp3) is 0.643. The summed E-state index contributed by atoms with van der Waals surface area (Å²) in [5, 5.41) is 3.39. The maximum Gasteiger partial charge on any atom is 0.289 e. The molecule has 0 aliphatic carbocycles. The van der Waals surface area contributed by atoms with Gasteiger partial charge in [0, 0.05) is 18.7 Å². The number of rotatable bonds is 1. The molecule has 106 valence electrons. The van der Waals surface area contributed by atoms with Gasteiger partial charge in [0.15, 0.2) is 5.76 Å². The zero-order valence-corrected chi connectivity index (χ0v) is 12.1. The second-order valence-electron chi connectivity index (χ2n) is 5.66. The Labute approximate surface area is 119 Å². The highest BCUT2D eigenvalue weighted by Crippen LogP contribution is 2.39. The summed E-state index contributed by atoms with van der Waals surface area (Å²) in [4.78, 5) is 14.3. The molecule has 5 heteroatoms. The van der Waals surface area contributed by atoms with Gasteiger partial charge in [-0.3, -0.25) is 4.79 Å². The molecule has 2 fully saturated rings.